The maximum absolute atomic E-state index is 6.24. The molecule has 1 heterocycles. The molecule has 4 heteroatoms. The molecule has 1 aromatic rings. The lowest BCUT2D eigenvalue weighted by Crippen LogP contribution is -2.42. The van der Waals surface area contributed by atoms with Crippen molar-refractivity contribution in [3.05, 3.63) is 28.8 Å². The number of piperidine rings is 1. The summed E-state index contributed by atoms with van der Waals surface area (Å²) in [7, 11) is 1.67. The molecule has 0 bridgehead atoms. The minimum atomic E-state index is 0.519. The highest BCUT2D eigenvalue weighted by molar-refractivity contribution is 6.31. The number of terminal acetylenes is 1. The fourth-order valence-electron chi connectivity index (χ4n) is 2.57. The van der Waals surface area contributed by atoms with Crippen LogP contribution in [0.25, 0.3) is 0 Å². The van der Waals surface area contributed by atoms with Crippen molar-refractivity contribution in [2.24, 2.45) is 0 Å². The summed E-state index contributed by atoms with van der Waals surface area (Å²) in [6.45, 7) is 3.61. The van der Waals surface area contributed by atoms with Gasteiger partial charge in [0.05, 0.1) is 13.7 Å². The summed E-state index contributed by atoms with van der Waals surface area (Å²) in [5, 5.41) is 4.32. The van der Waals surface area contributed by atoms with Gasteiger partial charge in [0, 0.05) is 36.3 Å². The Hall–Kier alpha value is -1.21. The topological polar surface area (TPSA) is 24.5 Å². The number of rotatable bonds is 5. The zero-order chi connectivity index (χ0) is 14.4. The smallest absolute Gasteiger partial charge is 0.124 e. The third kappa shape index (κ3) is 3.89. The molecule has 1 N–H and O–H groups in total. The molecule has 0 aliphatic carbocycles. The molecule has 1 aliphatic heterocycles. The van der Waals surface area contributed by atoms with Crippen molar-refractivity contribution in [2.45, 2.75) is 25.4 Å². The molecule has 3 nitrogen and oxygen atoms in total. The maximum atomic E-state index is 6.24. The molecule has 0 aromatic heterocycles. The molecule has 1 saturated heterocycles. The van der Waals surface area contributed by atoms with E-state index in [9.17, 15) is 0 Å². The second-order valence-corrected chi connectivity index (χ2v) is 5.46. The summed E-state index contributed by atoms with van der Waals surface area (Å²) < 4.78 is 5.36. The number of nitrogens with zero attached hydrogens (tertiary/aromatic N) is 1. The van der Waals surface area contributed by atoms with Crippen LogP contribution in [0.3, 0.4) is 0 Å². The van der Waals surface area contributed by atoms with Crippen LogP contribution < -0.4 is 10.1 Å². The van der Waals surface area contributed by atoms with Gasteiger partial charge in [0.25, 0.3) is 0 Å². The largest absolute Gasteiger partial charge is 0.496 e. The summed E-state index contributed by atoms with van der Waals surface area (Å²) in [4.78, 5) is 2.31. The standard InChI is InChI=1S/C16H21ClN2O/c1-3-9-19-10-7-13(8-11-19)18-12-14-15(17)5-4-6-16(14)20-2/h1,4-6,13,18H,7-12H2,2H3. The van der Waals surface area contributed by atoms with E-state index < -0.39 is 0 Å². The van der Waals surface area contributed by atoms with E-state index in [-0.39, 0.29) is 0 Å². The fourth-order valence-corrected chi connectivity index (χ4v) is 2.81. The van der Waals surface area contributed by atoms with Gasteiger partial charge in [0.1, 0.15) is 5.75 Å². The zero-order valence-corrected chi connectivity index (χ0v) is 12.6. The summed E-state index contributed by atoms with van der Waals surface area (Å²) in [6, 6.07) is 6.27. The molecule has 20 heavy (non-hydrogen) atoms. The lowest BCUT2D eigenvalue weighted by molar-refractivity contribution is 0.217. The summed E-state index contributed by atoms with van der Waals surface area (Å²) >= 11 is 6.24. The van der Waals surface area contributed by atoms with Crippen molar-refractivity contribution < 1.29 is 4.74 Å². The van der Waals surface area contributed by atoms with Crippen LogP contribution in [0.15, 0.2) is 18.2 Å². The number of methoxy groups -OCH3 is 1. The van der Waals surface area contributed by atoms with Crippen LogP contribution in [0, 0.1) is 12.3 Å². The Kier molecular flexibility index (Phi) is 5.72. The van der Waals surface area contributed by atoms with Crippen LogP contribution in [0.4, 0.5) is 0 Å². The third-order valence-corrected chi connectivity index (χ3v) is 4.12. The number of ether oxygens (including phenoxy) is 1. The molecule has 0 radical (unpaired) electrons. The minimum absolute atomic E-state index is 0.519. The van der Waals surface area contributed by atoms with Gasteiger partial charge in [-0.05, 0) is 25.0 Å². The molecular formula is C16H21ClN2O. The van der Waals surface area contributed by atoms with Crippen molar-refractivity contribution in [1.29, 1.82) is 0 Å². The summed E-state index contributed by atoms with van der Waals surface area (Å²) in [5.41, 5.74) is 1.03. The predicted molar refractivity (Wildman–Crippen MR) is 83.1 cm³/mol. The number of nitrogens with one attached hydrogen (secondary N) is 1. The second-order valence-electron chi connectivity index (χ2n) is 5.06. The Labute approximate surface area is 126 Å². The second kappa shape index (κ2) is 7.54. The van der Waals surface area contributed by atoms with Crippen LogP contribution in [0.5, 0.6) is 5.75 Å². The van der Waals surface area contributed by atoms with Crippen LogP contribution in [-0.2, 0) is 6.54 Å². The van der Waals surface area contributed by atoms with E-state index in [1.807, 2.05) is 18.2 Å². The normalized spacial score (nSPS) is 16.9. The molecule has 0 atom stereocenters. The van der Waals surface area contributed by atoms with E-state index in [1.165, 1.54) is 0 Å². The van der Waals surface area contributed by atoms with Gasteiger partial charge in [-0.25, -0.2) is 0 Å². The van der Waals surface area contributed by atoms with E-state index in [1.54, 1.807) is 7.11 Å². The molecule has 108 valence electrons. The molecule has 2 rings (SSSR count). The van der Waals surface area contributed by atoms with E-state index in [4.69, 9.17) is 22.8 Å². The quantitative estimate of drug-likeness (QED) is 0.844. The van der Waals surface area contributed by atoms with Gasteiger partial charge in [0.2, 0.25) is 0 Å². The highest BCUT2D eigenvalue weighted by Gasteiger charge is 2.18. The average molecular weight is 293 g/mol. The Morgan fingerprint density at radius 2 is 2.20 bits per heavy atom. The Morgan fingerprint density at radius 1 is 1.45 bits per heavy atom. The Balaban J connectivity index is 1.86. The van der Waals surface area contributed by atoms with Gasteiger partial charge >= 0.3 is 0 Å². The van der Waals surface area contributed by atoms with Crippen molar-refractivity contribution in [3.63, 3.8) is 0 Å². The van der Waals surface area contributed by atoms with E-state index in [0.717, 1.165) is 55.4 Å². The maximum Gasteiger partial charge on any atom is 0.124 e. The lowest BCUT2D eigenvalue weighted by atomic mass is 10.0. The number of likely N-dealkylation sites (tertiary alicyclic amines) is 1. The highest BCUT2D eigenvalue weighted by atomic mass is 35.5. The van der Waals surface area contributed by atoms with E-state index >= 15 is 0 Å². The number of halogens is 1. The first kappa shape index (κ1) is 15.2. The van der Waals surface area contributed by atoms with Gasteiger partial charge in [-0.2, -0.15) is 0 Å². The first-order valence-corrected chi connectivity index (χ1v) is 7.33. The van der Waals surface area contributed by atoms with Gasteiger partial charge < -0.3 is 10.1 Å². The molecule has 0 spiro atoms. The molecule has 0 amide bonds. The van der Waals surface area contributed by atoms with Crippen molar-refractivity contribution >= 4 is 11.6 Å². The first-order chi connectivity index (χ1) is 9.74. The Bertz CT molecular complexity index is 476. The monoisotopic (exact) mass is 292 g/mol. The average Bonchev–Trinajstić information content (AvgIpc) is 2.47. The van der Waals surface area contributed by atoms with Crippen molar-refractivity contribution in [3.8, 4) is 18.1 Å². The molecule has 1 aromatic carbocycles. The van der Waals surface area contributed by atoms with E-state index in [0.29, 0.717) is 6.04 Å². The van der Waals surface area contributed by atoms with Gasteiger partial charge in [-0.1, -0.05) is 23.6 Å². The number of benzene rings is 1. The lowest BCUT2D eigenvalue weighted by Gasteiger charge is -2.31. The van der Waals surface area contributed by atoms with Crippen LogP contribution >= 0.6 is 11.6 Å². The number of hydrogen-bond donors (Lipinski definition) is 1. The van der Waals surface area contributed by atoms with Crippen LogP contribution in [0.2, 0.25) is 5.02 Å². The van der Waals surface area contributed by atoms with Crippen LogP contribution in [-0.4, -0.2) is 37.7 Å². The third-order valence-electron chi connectivity index (χ3n) is 3.77. The first-order valence-electron chi connectivity index (χ1n) is 6.95. The SMILES string of the molecule is C#CCN1CCC(NCc2c(Cl)cccc2OC)CC1. The Morgan fingerprint density at radius 3 is 2.85 bits per heavy atom. The summed E-state index contributed by atoms with van der Waals surface area (Å²) in [5.74, 6) is 3.55. The van der Waals surface area contributed by atoms with Crippen molar-refractivity contribution in [2.75, 3.05) is 26.7 Å². The van der Waals surface area contributed by atoms with Crippen LogP contribution in [0.1, 0.15) is 18.4 Å². The zero-order valence-electron chi connectivity index (χ0n) is 11.9. The molecule has 0 unspecified atom stereocenters. The van der Waals surface area contributed by atoms with Gasteiger partial charge in [-0.3, -0.25) is 4.90 Å². The van der Waals surface area contributed by atoms with Gasteiger partial charge in [0.15, 0.2) is 0 Å². The molecule has 1 fully saturated rings. The predicted octanol–water partition coefficient (Wildman–Crippen LogP) is 2.54. The van der Waals surface area contributed by atoms with E-state index in [2.05, 4.69) is 16.1 Å². The molecule has 0 saturated carbocycles. The summed E-state index contributed by atoms with van der Waals surface area (Å²) in [6.07, 6.45) is 7.58. The van der Waals surface area contributed by atoms with Crippen molar-refractivity contribution in [1.82, 2.24) is 10.2 Å². The molecular weight excluding hydrogens is 272 g/mol. The van der Waals surface area contributed by atoms with Gasteiger partial charge in [-0.15, -0.1) is 6.42 Å². The highest BCUT2D eigenvalue weighted by Crippen LogP contribution is 2.26. The fraction of sp³-hybridized carbons (Fsp3) is 0.500. The number of hydrogen-bond acceptors (Lipinski definition) is 3. The minimum Gasteiger partial charge on any atom is -0.496 e. The molecule has 1 aliphatic rings.